The molecule has 106 valence electrons. The van der Waals surface area contributed by atoms with Gasteiger partial charge in [-0.2, -0.15) is 0 Å². The number of halogens is 1. The molecule has 2 aromatic carbocycles. The highest BCUT2D eigenvalue weighted by molar-refractivity contribution is 6.32. The van der Waals surface area contributed by atoms with Crippen LogP contribution in [0, 0.1) is 20.8 Å². The summed E-state index contributed by atoms with van der Waals surface area (Å²) in [5, 5.41) is 0.583. The van der Waals surface area contributed by atoms with E-state index in [-0.39, 0.29) is 6.04 Å². The first kappa shape index (κ1) is 14.9. The molecule has 3 heteroatoms. The summed E-state index contributed by atoms with van der Waals surface area (Å²) in [6, 6.07) is 9.81. The van der Waals surface area contributed by atoms with Crippen LogP contribution in [0.15, 0.2) is 30.3 Å². The molecule has 0 aliphatic rings. The summed E-state index contributed by atoms with van der Waals surface area (Å²) >= 11 is 6.29. The van der Waals surface area contributed by atoms with E-state index in [2.05, 4.69) is 26.0 Å². The van der Waals surface area contributed by atoms with Crippen LogP contribution in [0.4, 0.5) is 0 Å². The standard InChI is InChI=1S/C17H20ClNO/c1-10-5-6-11(2)17(12(10)3)20-16-8-7-14(13(4)19)9-15(16)18/h5-9,13H,19H2,1-4H3. The normalized spacial score (nSPS) is 12.3. The third kappa shape index (κ3) is 2.97. The number of hydrogen-bond donors (Lipinski definition) is 1. The van der Waals surface area contributed by atoms with Crippen molar-refractivity contribution in [1.29, 1.82) is 0 Å². The molecule has 0 heterocycles. The van der Waals surface area contributed by atoms with Gasteiger partial charge < -0.3 is 10.5 Å². The van der Waals surface area contributed by atoms with E-state index in [1.54, 1.807) is 0 Å². The minimum absolute atomic E-state index is 0.0380. The molecule has 0 aromatic heterocycles. The van der Waals surface area contributed by atoms with E-state index in [1.807, 2.05) is 32.0 Å². The molecule has 20 heavy (non-hydrogen) atoms. The van der Waals surface area contributed by atoms with Crippen LogP contribution in [0.5, 0.6) is 11.5 Å². The summed E-state index contributed by atoms with van der Waals surface area (Å²) in [5.74, 6) is 1.54. The first-order valence-electron chi connectivity index (χ1n) is 6.70. The highest BCUT2D eigenvalue weighted by Gasteiger charge is 2.11. The molecule has 1 unspecified atom stereocenters. The molecule has 0 radical (unpaired) electrons. The van der Waals surface area contributed by atoms with E-state index >= 15 is 0 Å². The maximum Gasteiger partial charge on any atom is 0.146 e. The highest BCUT2D eigenvalue weighted by atomic mass is 35.5. The average Bonchev–Trinajstić information content (AvgIpc) is 2.40. The maximum absolute atomic E-state index is 6.29. The monoisotopic (exact) mass is 289 g/mol. The molecule has 0 aliphatic heterocycles. The van der Waals surface area contributed by atoms with Crippen molar-refractivity contribution in [2.75, 3.05) is 0 Å². The van der Waals surface area contributed by atoms with Crippen molar-refractivity contribution in [1.82, 2.24) is 0 Å². The van der Waals surface area contributed by atoms with Crippen molar-refractivity contribution in [3.05, 3.63) is 57.6 Å². The molecular weight excluding hydrogens is 270 g/mol. The van der Waals surface area contributed by atoms with Crippen molar-refractivity contribution in [2.45, 2.75) is 33.7 Å². The van der Waals surface area contributed by atoms with Crippen LogP contribution in [0.3, 0.4) is 0 Å². The summed E-state index contributed by atoms with van der Waals surface area (Å²) in [6.07, 6.45) is 0. The highest BCUT2D eigenvalue weighted by Crippen LogP contribution is 2.35. The van der Waals surface area contributed by atoms with Crippen molar-refractivity contribution >= 4 is 11.6 Å². The lowest BCUT2D eigenvalue weighted by Crippen LogP contribution is -2.04. The Hall–Kier alpha value is -1.51. The Kier molecular flexibility index (Phi) is 4.36. The lowest BCUT2D eigenvalue weighted by Gasteiger charge is -2.15. The fourth-order valence-electron chi connectivity index (χ4n) is 2.08. The molecular formula is C17H20ClNO. The minimum Gasteiger partial charge on any atom is -0.455 e. The Morgan fingerprint density at radius 1 is 1.05 bits per heavy atom. The van der Waals surface area contributed by atoms with Crippen LogP contribution in [0.25, 0.3) is 0 Å². The number of nitrogens with two attached hydrogens (primary N) is 1. The van der Waals surface area contributed by atoms with Crippen molar-refractivity contribution in [3.63, 3.8) is 0 Å². The second-order valence-electron chi connectivity index (χ2n) is 5.23. The number of ether oxygens (including phenoxy) is 1. The molecule has 2 rings (SSSR count). The zero-order valence-corrected chi connectivity index (χ0v) is 13.1. The summed E-state index contributed by atoms with van der Waals surface area (Å²) in [5.41, 5.74) is 10.3. The topological polar surface area (TPSA) is 35.2 Å². The summed E-state index contributed by atoms with van der Waals surface area (Å²) < 4.78 is 6.01. The van der Waals surface area contributed by atoms with Gasteiger partial charge in [0.2, 0.25) is 0 Å². The second-order valence-corrected chi connectivity index (χ2v) is 5.64. The van der Waals surface area contributed by atoms with Crippen LogP contribution in [-0.2, 0) is 0 Å². The summed E-state index contributed by atoms with van der Waals surface area (Å²) in [7, 11) is 0. The van der Waals surface area contributed by atoms with Crippen LogP contribution in [0.1, 0.15) is 35.2 Å². The van der Waals surface area contributed by atoms with E-state index in [1.165, 1.54) is 5.56 Å². The number of benzene rings is 2. The van der Waals surface area contributed by atoms with E-state index in [0.717, 1.165) is 22.4 Å². The van der Waals surface area contributed by atoms with Gasteiger partial charge in [-0.05, 0) is 62.1 Å². The van der Waals surface area contributed by atoms with Gasteiger partial charge in [0.15, 0.2) is 0 Å². The first-order valence-corrected chi connectivity index (χ1v) is 7.07. The van der Waals surface area contributed by atoms with Crippen LogP contribution < -0.4 is 10.5 Å². The van der Waals surface area contributed by atoms with E-state index in [0.29, 0.717) is 10.8 Å². The van der Waals surface area contributed by atoms with Gasteiger partial charge in [-0.15, -0.1) is 0 Å². The van der Waals surface area contributed by atoms with Gasteiger partial charge in [0, 0.05) is 6.04 Å². The van der Waals surface area contributed by atoms with Crippen LogP contribution in [0.2, 0.25) is 5.02 Å². The molecule has 2 nitrogen and oxygen atoms in total. The van der Waals surface area contributed by atoms with E-state index in [4.69, 9.17) is 22.1 Å². The summed E-state index contributed by atoms with van der Waals surface area (Å²) in [4.78, 5) is 0. The Bertz CT molecular complexity index is 635. The van der Waals surface area contributed by atoms with Crippen LogP contribution in [-0.4, -0.2) is 0 Å². The Labute approximate surface area is 125 Å². The first-order chi connectivity index (χ1) is 9.40. The molecule has 2 aromatic rings. The number of rotatable bonds is 3. The molecule has 0 bridgehead atoms. The average molecular weight is 290 g/mol. The lowest BCUT2D eigenvalue weighted by molar-refractivity contribution is 0.474. The predicted molar refractivity (Wildman–Crippen MR) is 84.8 cm³/mol. The SMILES string of the molecule is Cc1ccc(C)c(Oc2ccc(C(C)N)cc2Cl)c1C. The number of hydrogen-bond acceptors (Lipinski definition) is 2. The van der Waals surface area contributed by atoms with Gasteiger partial charge >= 0.3 is 0 Å². The fourth-order valence-corrected chi connectivity index (χ4v) is 2.30. The van der Waals surface area contributed by atoms with Gasteiger partial charge in [0.05, 0.1) is 5.02 Å². The maximum atomic E-state index is 6.29. The van der Waals surface area contributed by atoms with Crippen molar-refractivity contribution < 1.29 is 4.74 Å². The zero-order chi connectivity index (χ0) is 14.9. The summed E-state index contributed by atoms with van der Waals surface area (Å²) in [6.45, 7) is 8.09. The quantitative estimate of drug-likeness (QED) is 0.855. The van der Waals surface area contributed by atoms with Crippen molar-refractivity contribution in [2.24, 2.45) is 5.73 Å². The molecule has 0 saturated heterocycles. The van der Waals surface area contributed by atoms with Crippen LogP contribution >= 0.6 is 11.6 Å². The van der Waals surface area contributed by atoms with E-state index < -0.39 is 0 Å². The third-order valence-electron chi connectivity index (χ3n) is 3.57. The van der Waals surface area contributed by atoms with Crippen molar-refractivity contribution in [3.8, 4) is 11.5 Å². The Morgan fingerprint density at radius 3 is 2.30 bits per heavy atom. The third-order valence-corrected chi connectivity index (χ3v) is 3.86. The molecule has 0 aliphatic carbocycles. The molecule has 0 amide bonds. The zero-order valence-electron chi connectivity index (χ0n) is 12.3. The largest absolute Gasteiger partial charge is 0.455 e. The van der Waals surface area contributed by atoms with E-state index in [9.17, 15) is 0 Å². The van der Waals surface area contributed by atoms with Gasteiger partial charge in [-0.1, -0.05) is 29.8 Å². The smallest absolute Gasteiger partial charge is 0.146 e. The predicted octanol–water partition coefficient (Wildman–Crippen LogP) is 5.08. The van der Waals surface area contributed by atoms with Gasteiger partial charge in [-0.25, -0.2) is 0 Å². The molecule has 0 saturated carbocycles. The van der Waals surface area contributed by atoms with Gasteiger partial charge in [0.1, 0.15) is 11.5 Å². The second kappa shape index (κ2) is 5.86. The molecule has 0 spiro atoms. The van der Waals surface area contributed by atoms with Gasteiger partial charge in [0.25, 0.3) is 0 Å². The van der Waals surface area contributed by atoms with Gasteiger partial charge in [-0.3, -0.25) is 0 Å². The molecule has 2 N–H and O–H groups in total. The Morgan fingerprint density at radius 2 is 1.70 bits per heavy atom. The minimum atomic E-state index is -0.0380. The fraction of sp³-hybridized carbons (Fsp3) is 0.294. The lowest BCUT2D eigenvalue weighted by atomic mass is 10.1. The molecule has 1 atom stereocenters. The molecule has 0 fully saturated rings. The Balaban J connectivity index is 2.38. The number of aryl methyl sites for hydroxylation is 2.